The minimum atomic E-state index is -0.294. The van der Waals surface area contributed by atoms with E-state index < -0.39 is 0 Å². The maximum absolute atomic E-state index is 14.1. The molecule has 1 aliphatic rings. The fraction of sp³-hybridized carbons (Fsp3) is 0.333. The Bertz CT molecular complexity index is 610. The normalized spacial score (nSPS) is 19.8. The molecule has 0 aliphatic carbocycles. The van der Waals surface area contributed by atoms with Gasteiger partial charge in [0.1, 0.15) is 5.82 Å². The molecular formula is C18H21FN2. The number of rotatable bonds is 3. The minimum Gasteiger partial charge on any atom is -0.371 e. The van der Waals surface area contributed by atoms with Gasteiger partial charge in [-0.25, -0.2) is 4.39 Å². The third-order valence-electron chi connectivity index (χ3n) is 4.29. The molecule has 3 heteroatoms. The Morgan fingerprint density at radius 3 is 2.62 bits per heavy atom. The van der Waals surface area contributed by atoms with Gasteiger partial charge in [-0.3, -0.25) is 0 Å². The molecular weight excluding hydrogens is 263 g/mol. The summed E-state index contributed by atoms with van der Waals surface area (Å²) >= 11 is 0. The molecule has 0 radical (unpaired) electrons. The zero-order chi connectivity index (χ0) is 14.8. The smallest absolute Gasteiger partial charge is 0.130 e. The lowest BCUT2D eigenvalue weighted by Gasteiger charge is -2.24. The molecule has 0 spiro atoms. The number of hydrogen-bond acceptors (Lipinski definition) is 2. The Morgan fingerprint density at radius 2 is 1.90 bits per heavy atom. The van der Waals surface area contributed by atoms with Crippen molar-refractivity contribution < 1.29 is 4.39 Å². The van der Waals surface area contributed by atoms with Gasteiger partial charge in [0.2, 0.25) is 0 Å². The standard InChI is InChI=1S/C18H21FN2/c1-13(20)18-16(19)8-5-9-17(18)21-11-10-15(12-21)14-6-3-2-4-7-14/h2-9,13,15H,10-12,20H2,1H3/t13-,15?/m1/s1. The molecule has 1 fully saturated rings. The molecule has 0 aromatic heterocycles. The van der Waals surface area contributed by atoms with Crippen molar-refractivity contribution in [3.63, 3.8) is 0 Å². The Kier molecular flexibility index (Phi) is 3.93. The first kappa shape index (κ1) is 14.1. The summed E-state index contributed by atoms with van der Waals surface area (Å²) in [6.45, 7) is 3.71. The first-order chi connectivity index (χ1) is 10.2. The van der Waals surface area contributed by atoms with Gasteiger partial charge in [-0.1, -0.05) is 36.4 Å². The maximum Gasteiger partial charge on any atom is 0.130 e. The van der Waals surface area contributed by atoms with Crippen molar-refractivity contribution in [2.24, 2.45) is 5.73 Å². The molecule has 1 unspecified atom stereocenters. The van der Waals surface area contributed by atoms with Crippen molar-refractivity contribution in [3.05, 3.63) is 65.5 Å². The molecule has 110 valence electrons. The lowest BCUT2D eigenvalue weighted by atomic mass is 9.99. The monoisotopic (exact) mass is 284 g/mol. The highest BCUT2D eigenvalue weighted by Gasteiger charge is 2.26. The van der Waals surface area contributed by atoms with Gasteiger partial charge in [0.05, 0.1) is 0 Å². The van der Waals surface area contributed by atoms with Gasteiger partial charge < -0.3 is 10.6 Å². The van der Waals surface area contributed by atoms with Crippen molar-refractivity contribution in [1.29, 1.82) is 0 Å². The van der Waals surface area contributed by atoms with Gasteiger partial charge in [0.25, 0.3) is 0 Å². The van der Waals surface area contributed by atoms with E-state index in [1.807, 2.05) is 19.1 Å². The van der Waals surface area contributed by atoms with Crippen molar-refractivity contribution >= 4 is 5.69 Å². The Labute approximate surface area is 125 Å². The second-order valence-corrected chi connectivity index (χ2v) is 5.80. The van der Waals surface area contributed by atoms with Crippen molar-refractivity contribution in [1.82, 2.24) is 0 Å². The number of hydrogen-bond donors (Lipinski definition) is 1. The van der Waals surface area contributed by atoms with Crippen LogP contribution in [-0.4, -0.2) is 13.1 Å². The molecule has 2 atom stereocenters. The molecule has 2 aromatic rings. The Balaban J connectivity index is 1.86. The van der Waals surface area contributed by atoms with Crippen LogP contribution in [0.4, 0.5) is 10.1 Å². The zero-order valence-corrected chi connectivity index (χ0v) is 12.3. The zero-order valence-electron chi connectivity index (χ0n) is 12.3. The summed E-state index contributed by atoms with van der Waals surface area (Å²) in [4.78, 5) is 2.26. The molecule has 3 rings (SSSR count). The van der Waals surface area contributed by atoms with Crippen LogP contribution >= 0.6 is 0 Å². The van der Waals surface area contributed by atoms with Crippen LogP contribution < -0.4 is 10.6 Å². The second-order valence-electron chi connectivity index (χ2n) is 5.80. The van der Waals surface area contributed by atoms with E-state index in [1.165, 1.54) is 11.6 Å². The van der Waals surface area contributed by atoms with Gasteiger partial charge in [0.15, 0.2) is 0 Å². The number of benzene rings is 2. The molecule has 1 heterocycles. The van der Waals surface area contributed by atoms with Crippen LogP contribution in [0, 0.1) is 5.82 Å². The lowest BCUT2D eigenvalue weighted by molar-refractivity contribution is 0.592. The van der Waals surface area contributed by atoms with Gasteiger partial charge >= 0.3 is 0 Å². The van der Waals surface area contributed by atoms with E-state index in [-0.39, 0.29) is 11.9 Å². The molecule has 2 N–H and O–H groups in total. The fourth-order valence-corrected chi connectivity index (χ4v) is 3.23. The summed E-state index contributed by atoms with van der Waals surface area (Å²) in [5, 5.41) is 0. The fourth-order valence-electron chi connectivity index (χ4n) is 3.23. The Morgan fingerprint density at radius 1 is 1.14 bits per heavy atom. The third-order valence-corrected chi connectivity index (χ3v) is 4.29. The molecule has 21 heavy (non-hydrogen) atoms. The van der Waals surface area contributed by atoms with Gasteiger partial charge in [-0.2, -0.15) is 0 Å². The van der Waals surface area contributed by atoms with Crippen LogP contribution in [0.5, 0.6) is 0 Å². The topological polar surface area (TPSA) is 29.3 Å². The van der Waals surface area contributed by atoms with Crippen LogP contribution in [0.15, 0.2) is 48.5 Å². The summed E-state index contributed by atoms with van der Waals surface area (Å²) in [5.41, 5.74) is 8.90. The molecule has 2 nitrogen and oxygen atoms in total. The minimum absolute atomic E-state index is 0.203. The first-order valence-corrected chi connectivity index (χ1v) is 7.50. The van der Waals surface area contributed by atoms with E-state index in [9.17, 15) is 4.39 Å². The third kappa shape index (κ3) is 2.79. The number of nitrogens with two attached hydrogens (primary N) is 1. The summed E-state index contributed by atoms with van der Waals surface area (Å²) in [6.07, 6.45) is 1.10. The molecule has 2 aromatic carbocycles. The molecule has 0 saturated carbocycles. The summed E-state index contributed by atoms with van der Waals surface area (Å²) in [7, 11) is 0. The van der Waals surface area contributed by atoms with Crippen LogP contribution in [0.25, 0.3) is 0 Å². The van der Waals surface area contributed by atoms with Crippen LogP contribution in [0.3, 0.4) is 0 Å². The highest BCUT2D eigenvalue weighted by atomic mass is 19.1. The van der Waals surface area contributed by atoms with Crippen LogP contribution in [0.2, 0.25) is 0 Å². The van der Waals surface area contributed by atoms with E-state index in [4.69, 9.17) is 5.73 Å². The van der Waals surface area contributed by atoms with Crippen LogP contribution in [-0.2, 0) is 0 Å². The number of anilines is 1. The first-order valence-electron chi connectivity index (χ1n) is 7.50. The largest absolute Gasteiger partial charge is 0.371 e. The lowest BCUT2D eigenvalue weighted by Crippen LogP contribution is -2.23. The average molecular weight is 284 g/mol. The molecule has 1 saturated heterocycles. The van der Waals surface area contributed by atoms with Crippen molar-refractivity contribution in [2.45, 2.75) is 25.3 Å². The highest BCUT2D eigenvalue weighted by molar-refractivity contribution is 5.56. The molecule has 1 aliphatic heterocycles. The van der Waals surface area contributed by atoms with E-state index in [2.05, 4.69) is 29.2 Å². The van der Waals surface area contributed by atoms with Crippen molar-refractivity contribution in [2.75, 3.05) is 18.0 Å². The summed E-state index contributed by atoms with van der Waals surface area (Å²) < 4.78 is 14.1. The van der Waals surface area contributed by atoms with E-state index in [1.54, 1.807) is 6.07 Å². The van der Waals surface area contributed by atoms with Crippen molar-refractivity contribution in [3.8, 4) is 0 Å². The maximum atomic E-state index is 14.1. The SMILES string of the molecule is C[C@@H](N)c1c(F)cccc1N1CCC(c2ccccc2)C1. The van der Waals surface area contributed by atoms with Gasteiger partial charge in [0, 0.05) is 36.3 Å². The number of halogens is 1. The van der Waals surface area contributed by atoms with E-state index in [0.29, 0.717) is 11.5 Å². The Hall–Kier alpha value is -1.87. The van der Waals surface area contributed by atoms with Gasteiger partial charge in [-0.15, -0.1) is 0 Å². The van der Waals surface area contributed by atoms with Gasteiger partial charge in [-0.05, 0) is 31.0 Å². The quantitative estimate of drug-likeness (QED) is 0.928. The molecule has 0 bridgehead atoms. The summed E-state index contributed by atoms with van der Waals surface area (Å²) in [6, 6.07) is 15.5. The van der Waals surface area contributed by atoms with E-state index >= 15 is 0 Å². The highest BCUT2D eigenvalue weighted by Crippen LogP contribution is 2.35. The summed E-state index contributed by atoms with van der Waals surface area (Å²) in [5.74, 6) is 0.307. The second kappa shape index (κ2) is 5.86. The molecule has 0 amide bonds. The number of nitrogens with zero attached hydrogens (tertiary/aromatic N) is 1. The average Bonchev–Trinajstić information content (AvgIpc) is 2.97. The van der Waals surface area contributed by atoms with Crippen LogP contribution in [0.1, 0.15) is 36.4 Å². The predicted molar refractivity (Wildman–Crippen MR) is 85.0 cm³/mol. The predicted octanol–water partition coefficient (Wildman–Crippen LogP) is 3.84. The van der Waals surface area contributed by atoms with E-state index in [0.717, 1.165) is 25.2 Å².